The Bertz CT molecular complexity index is 628. The molecule has 21 heavy (non-hydrogen) atoms. The van der Waals surface area contributed by atoms with Gasteiger partial charge in [-0.05, 0) is 60.8 Å². The predicted octanol–water partition coefficient (Wildman–Crippen LogP) is 5.33. The second-order valence-corrected chi connectivity index (χ2v) is 5.89. The van der Waals surface area contributed by atoms with Crippen LogP contribution in [0.1, 0.15) is 29.7 Å². The Morgan fingerprint density at radius 2 is 1.90 bits per heavy atom. The first-order valence-electron chi connectivity index (χ1n) is 6.94. The Morgan fingerprint density at radius 1 is 1.14 bits per heavy atom. The maximum atomic E-state index is 13.1. The molecule has 2 rings (SSSR count). The van der Waals surface area contributed by atoms with Gasteiger partial charge in [0.2, 0.25) is 0 Å². The van der Waals surface area contributed by atoms with E-state index in [1.54, 1.807) is 6.07 Å². The summed E-state index contributed by atoms with van der Waals surface area (Å²) in [4.78, 5) is 0. The normalized spacial score (nSPS) is 12.4. The van der Waals surface area contributed by atoms with Gasteiger partial charge in [0.25, 0.3) is 0 Å². The van der Waals surface area contributed by atoms with Crippen LogP contribution in [0.25, 0.3) is 0 Å². The predicted molar refractivity (Wildman–Crippen MR) is 87.7 cm³/mol. The molecule has 0 amide bonds. The van der Waals surface area contributed by atoms with Crippen LogP contribution in [0.5, 0.6) is 0 Å². The largest absolute Gasteiger partial charge is 0.310 e. The second-order valence-electron chi connectivity index (χ2n) is 5.05. The molecule has 1 atom stereocenters. The smallest absolute Gasteiger partial charge is 0.124 e. The van der Waals surface area contributed by atoms with Gasteiger partial charge in [-0.15, -0.1) is 0 Å². The molecule has 0 radical (unpaired) electrons. The number of halogens is 3. The zero-order valence-electron chi connectivity index (χ0n) is 12.1. The molecule has 0 fully saturated rings. The second kappa shape index (κ2) is 7.26. The van der Waals surface area contributed by atoms with Crippen molar-refractivity contribution in [2.24, 2.45) is 0 Å². The maximum Gasteiger partial charge on any atom is 0.124 e. The summed E-state index contributed by atoms with van der Waals surface area (Å²) in [5, 5.41) is 4.64. The fraction of sp³-hybridized carbons (Fsp3) is 0.294. The summed E-state index contributed by atoms with van der Waals surface area (Å²) in [6.07, 6.45) is 0.704. The molecule has 0 heterocycles. The monoisotopic (exact) mass is 325 g/mol. The number of rotatable bonds is 5. The Morgan fingerprint density at radius 3 is 2.52 bits per heavy atom. The van der Waals surface area contributed by atoms with E-state index in [1.165, 1.54) is 17.7 Å². The molecule has 0 saturated carbocycles. The van der Waals surface area contributed by atoms with Gasteiger partial charge in [-0.25, -0.2) is 4.39 Å². The molecule has 0 aromatic heterocycles. The molecule has 1 unspecified atom stereocenters. The first-order chi connectivity index (χ1) is 10.0. The van der Waals surface area contributed by atoms with Crippen LogP contribution in [-0.2, 0) is 6.42 Å². The number of hydrogen-bond donors (Lipinski definition) is 1. The summed E-state index contributed by atoms with van der Waals surface area (Å²) in [6, 6.07) is 10.5. The van der Waals surface area contributed by atoms with Crippen LogP contribution in [0.4, 0.5) is 4.39 Å². The van der Waals surface area contributed by atoms with E-state index in [-0.39, 0.29) is 11.9 Å². The lowest BCUT2D eigenvalue weighted by molar-refractivity contribution is 0.546. The lowest BCUT2D eigenvalue weighted by atomic mass is 9.95. The van der Waals surface area contributed by atoms with Crippen molar-refractivity contribution in [3.8, 4) is 0 Å². The number of likely N-dealkylation sites (N-methyl/N-ethyl adjacent to an activating group) is 1. The van der Waals surface area contributed by atoms with E-state index in [1.807, 2.05) is 25.1 Å². The van der Waals surface area contributed by atoms with Crippen molar-refractivity contribution in [1.82, 2.24) is 5.32 Å². The molecule has 1 N–H and O–H groups in total. The van der Waals surface area contributed by atoms with E-state index in [2.05, 4.69) is 12.2 Å². The third-order valence-electron chi connectivity index (χ3n) is 3.50. The molecule has 112 valence electrons. The van der Waals surface area contributed by atoms with Gasteiger partial charge in [0.05, 0.1) is 0 Å². The minimum Gasteiger partial charge on any atom is -0.310 e. The average Bonchev–Trinajstić information content (AvgIpc) is 2.41. The van der Waals surface area contributed by atoms with E-state index in [4.69, 9.17) is 23.2 Å². The fourth-order valence-electron chi connectivity index (χ4n) is 2.48. The Balaban J connectivity index is 2.30. The summed E-state index contributed by atoms with van der Waals surface area (Å²) in [5.41, 5.74) is 3.24. The first-order valence-corrected chi connectivity index (χ1v) is 7.70. The number of nitrogens with one attached hydrogen (secondary N) is 1. The maximum absolute atomic E-state index is 13.1. The lowest BCUT2D eigenvalue weighted by Crippen LogP contribution is -2.23. The van der Waals surface area contributed by atoms with Crippen molar-refractivity contribution in [1.29, 1.82) is 0 Å². The summed E-state index contributed by atoms with van der Waals surface area (Å²) in [7, 11) is 0. The Labute approximate surface area is 135 Å². The van der Waals surface area contributed by atoms with Gasteiger partial charge in [-0.3, -0.25) is 0 Å². The SMILES string of the molecule is CCNC(Cc1ccc(F)cc1Cl)c1ccc(Cl)cc1C. The van der Waals surface area contributed by atoms with Crippen molar-refractivity contribution >= 4 is 23.2 Å². The highest BCUT2D eigenvalue weighted by Gasteiger charge is 2.15. The van der Waals surface area contributed by atoms with Gasteiger partial charge in [0.1, 0.15) is 5.82 Å². The lowest BCUT2D eigenvalue weighted by Gasteiger charge is -2.21. The third kappa shape index (κ3) is 4.19. The highest BCUT2D eigenvalue weighted by molar-refractivity contribution is 6.31. The van der Waals surface area contributed by atoms with Crippen molar-refractivity contribution in [3.05, 3.63) is 69.0 Å². The first kappa shape index (κ1) is 16.3. The van der Waals surface area contributed by atoms with E-state index < -0.39 is 0 Å². The molecule has 0 aliphatic rings. The zero-order valence-corrected chi connectivity index (χ0v) is 13.6. The van der Waals surface area contributed by atoms with E-state index in [0.29, 0.717) is 11.4 Å². The van der Waals surface area contributed by atoms with Crippen LogP contribution in [0.15, 0.2) is 36.4 Å². The van der Waals surface area contributed by atoms with Crippen molar-refractivity contribution < 1.29 is 4.39 Å². The molecule has 2 aromatic rings. The summed E-state index contributed by atoms with van der Waals surface area (Å²) in [6.45, 7) is 4.94. The van der Waals surface area contributed by atoms with E-state index >= 15 is 0 Å². The van der Waals surface area contributed by atoms with Crippen LogP contribution >= 0.6 is 23.2 Å². The van der Waals surface area contributed by atoms with Gasteiger partial charge in [0, 0.05) is 16.1 Å². The van der Waals surface area contributed by atoms with Crippen LogP contribution in [0.3, 0.4) is 0 Å². The minimum atomic E-state index is -0.313. The fourth-order valence-corrected chi connectivity index (χ4v) is 2.95. The van der Waals surface area contributed by atoms with E-state index in [9.17, 15) is 4.39 Å². The molecular formula is C17H18Cl2FN. The van der Waals surface area contributed by atoms with Gasteiger partial charge in [0.15, 0.2) is 0 Å². The summed E-state index contributed by atoms with van der Waals surface area (Å²) < 4.78 is 13.1. The molecule has 4 heteroatoms. The molecule has 0 aliphatic carbocycles. The standard InChI is InChI=1S/C17H18Cl2FN/c1-3-21-17(15-7-5-13(18)8-11(15)2)9-12-4-6-14(20)10-16(12)19/h4-8,10,17,21H,3,9H2,1-2H3. The van der Waals surface area contributed by atoms with Crippen molar-refractivity contribution in [2.45, 2.75) is 26.3 Å². The summed E-state index contributed by atoms with van der Waals surface area (Å²) >= 11 is 12.2. The molecular weight excluding hydrogens is 308 g/mol. The highest BCUT2D eigenvalue weighted by atomic mass is 35.5. The van der Waals surface area contributed by atoms with Gasteiger partial charge in [-0.1, -0.05) is 42.3 Å². The molecule has 0 aliphatic heterocycles. The summed E-state index contributed by atoms with van der Waals surface area (Å²) in [5.74, 6) is -0.313. The highest BCUT2D eigenvalue weighted by Crippen LogP contribution is 2.27. The number of hydrogen-bond acceptors (Lipinski definition) is 1. The molecule has 1 nitrogen and oxygen atoms in total. The van der Waals surface area contributed by atoms with Crippen LogP contribution in [-0.4, -0.2) is 6.54 Å². The molecule has 0 saturated heterocycles. The molecule has 2 aromatic carbocycles. The Kier molecular flexibility index (Phi) is 5.63. The van der Waals surface area contributed by atoms with Crippen LogP contribution in [0.2, 0.25) is 10.0 Å². The Hall–Kier alpha value is -1.09. The zero-order chi connectivity index (χ0) is 15.4. The topological polar surface area (TPSA) is 12.0 Å². The third-order valence-corrected chi connectivity index (χ3v) is 4.08. The molecule has 0 bridgehead atoms. The quantitative estimate of drug-likeness (QED) is 0.782. The van der Waals surface area contributed by atoms with Gasteiger partial charge < -0.3 is 5.32 Å². The minimum absolute atomic E-state index is 0.121. The molecule has 0 spiro atoms. The van der Waals surface area contributed by atoms with E-state index in [0.717, 1.165) is 22.7 Å². The number of aryl methyl sites for hydroxylation is 1. The van der Waals surface area contributed by atoms with Crippen LogP contribution < -0.4 is 5.32 Å². The van der Waals surface area contributed by atoms with Gasteiger partial charge in [-0.2, -0.15) is 0 Å². The van der Waals surface area contributed by atoms with Crippen LogP contribution in [0, 0.1) is 12.7 Å². The van der Waals surface area contributed by atoms with Crippen molar-refractivity contribution in [3.63, 3.8) is 0 Å². The van der Waals surface area contributed by atoms with Crippen molar-refractivity contribution in [2.75, 3.05) is 6.54 Å². The number of benzene rings is 2. The van der Waals surface area contributed by atoms with Gasteiger partial charge >= 0.3 is 0 Å². The average molecular weight is 326 g/mol.